The summed E-state index contributed by atoms with van der Waals surface area (Å²) in [6.45, 7) is 2.03. The number of nitrogens with zero attached hydrogens (tertiary/aromatic N) is 2. The van der Waals surface area contributed by atoms with Gasteiger partial charge in [-0.2, -0.15) is 0 Å². The highest BCUT2D eigenvalue weighted by molar-refractivity contribution is 6.02. The van der Waals surface area contributed by atoms with Crippen LogP contribution in [0.5, 0.6) is 0 Å². The van der Waals surface area contributed by atoms with Crippen LogP contribution < -0.4 is 21.4 Å². The molecule has 0 bridgehead atoms. The number of anilines is 1. The molecule has 1 aromatic rings. The molecule has 0 atom stereocenters. The first-order valence-corrected chi connectivity index (χ1v) is 6.60. The largest absolute Gasteiger partial charge is 0.465 e. The first kappa shape index (κ1) is 12.7. The fourth-order valence-corrected chi connectivity index (χ4v) is 2.48. The Balaban J connectivity index is 2.00. The van der Waals surface area contributed by atoms with Gasteiger partial charge in [0.2, 0.25) is 0 Å². The second kappa shape index (κ2) is 5.38. The molecule has 0 aliphatic carbocycles. The van der Waals surface area contributed by atoms with Gasteiger partial charge in [-0.25, -0.2) is 10.3 Å². The molecule has 106 valence electrons. The van der Waals surface area contributed by atoms with E-state index in [1.54, 1.807) is 6.07 Å². The Hall–Kier alpha value is -2.28. The number of esters is 1. The summed E-state index contributed by atoms with van der Waals surface area (Å²) < 4.78 is 4.82. The molecule has 0 saturated carbocycles. The third-order valence-electron chi connectivity index (χ3n) is 3.49. The van der Waals surface area contributed by atoms with Crippen molar-refractivity contribution in [2.75, 3.05) is 25.1 Å². The van der Waals surface area contributed by atoms with Crippen molar-refractivity contribution in [3.05, 3.63) is 29.3 Å². The molecule has 0 radical (unpaired) electrons. The van der Waals surface area contributed by atoms with Crippen LogP contribution in [-0.4, -0.2) is 32.0 Å². The summed E-state index contributed by atoms with van der Waals surface area (Å²) in [5, 5.41) is 4.07. The van der Waals surface area contributed by atoms with Crippen LogP contribution in [-0.2, 0) is 4.74 Å². The van der Waals surface area contributed by atoms with Crippen LogP contribution in [0.2, 0.25) is 0 Å². The molecule has 0 spiro atoms. The van der Waals surface area contributed by atoms with Crippen LogP contribution in [0, 0.1) is 0 Å². The monoisotopic (exact) mass is 275 g/mol. The van der Waals surface area contributed by atoms with Gasteiger partial charge >= 0.3 is 5.97 Å². The van der Waals surface area contributed by atoms with Gasteiger partial charge < -0.3 is 9.64 Å². The molecule has 20 heavy (non-hydrogen) atoms. The highest BCUT2D eigenvalue weighted by atomic mass is 16.5. The van der Waals surface area contributed by atoms with Crippen molar-refractivity contribution < 1.29 is 9.53 Å². The van der Waals surface area contributed by atoms with Gasteiger partial charge in [0.05, 0.1) is 12.7 Å². The van der Waals surface area contributed by atoms with Gasteiger partial charge in [0.25, 0.3) is 0 Å². The lowest BCUT2D eigenvalue weighted by Gasteiger charge is -2.19. The van der Waals surface area contributed by atoms with E-state index in [2.05, 4.69) is 26.5 Å². The third kappa shape index (κ3) is 2.39. The molecule has 7 nitrogen and oxygen atoms in total. The maximum atomic E-state index is 11.8. The van der Waals surface area contributed by atoms with Crippen molar-refractivity contribution in [1.82, 2.24) is 16.5 Å². The van der Waals surface area contributed by atoms with E-state index in [0.29, 0.717) is 11.4 Å². The Kier molecular flexibility index (Phi) is 3.42. The molecule has 0 aromatic heterocycles. The fourth-order valence-electron chi connectivity index (χ4n) is 2.48. The van der Waals surface area contributed by atoms with Crippen LogP contribution in [0.3, 0.4) is 0 Å². The SMILES string of the molecule is COC(=O)c1cc(C2=NNNN2)cc(N2CCCC2)c1. The summed E-state index contributed by atoms with van der Waals surface area (Å²) in [5.41, 5.74) is 10.6. The summed E-state index contributed by atoms with van der Waals surface area (Å²) in [6.07, 6.45) is 2.36. The molecule has 2 aliphatic heterocycles. The first-order valence-electron chi connectivity index (χ1n) is 6.60. The molecule has 0 amide bonds. The number of hydrogen-bond acceptors (Lipinski definition) is 7. The number of nitrogens with one attached hydrogen (secondary N) is 3. The predicted octanol–water partition coefficient (Wildman–Crippen LogP) is 0.347. The highest BCUT2D eigenvalue weighted by Gasteiger charge is 2.18. The number of carbonyl (C=O) groups excluding carboxylic acids is 1. The van der Waals surface area contributed by atoms with E-state index >= 15 is 0 Å². The normalized spacial score (nSPS) is 17.4. The molecule has 2 heterocycles. The van der Waals surface area contributed by atoms with E-state index in [9.17, 15) is 4.79 Å². The Morgan fingerprint density at radius 1 is 1.30 bits per heavy atom. The molecule has 1 saturated heterocycles. The second-order valence-corrected chi connectivity index (χ2v) is 4.78. The van der Waals surface area contributed by atoms with Crippen molar-refractivity contribution in [2.24, 2.45) is 5.10 Å². The van der Waals surface area contributed by atoms with Crippen molar-refractivity contribution >= 4 is 17.5 Å². The maximum Gasteiger partial charge on any atom is 0.337 e. The Labute approximate surface area is 116 Å². The first-order chi connectivity index (χ1) is 9.78. The number of hydrazone groups is 1. The summed E-state index contributed by atoms with van der Waals surface area (Å²) >= 11 is 0. The summed E-state index contributed by atoms with van der Waals surface area (Å²) in [6, 6.07) is 5.67. The van der Waals surface area contributed by atoms with E-state index < -0.39 is 0 Å². The molecule has 2 aliphatic rings. The van der Waals surface area contributed by atoms with Gasteiger partial charge in [-0.15, -0.1) is 10.6 Å². The smallest absolute Gasteiger partial charge is 0.337 e. The zero-order valence-electron chi connectivity index (χ0n) is 11.3. The van der Waals surface area contributed by atoms with Crippen molar-refractivity contribution in [1.29, 1.82) is 0 Å². The minimum atomic E-state index is -0.341. The zero-order valence-corrected chi connectivity index (χ0v) is 11.3. The molecule has 3 rings (SSSR count). The lowest BCUT2D eigenvalue weighted by molar-refractivity contribution is 0.0600. The average Bonchev–Trinajstić information content (AvgIpc) is 3.18. The summed E-state index contributed by atoms with van der Waals surface area (Å²) in [7, 11) is 1.39. The minimum Gasteiger partial charge on any atom is -0.465 e. The van der Waals surface area contributed by atoms with Gasteiger partial charge in [-0.1, -0.05) is 0 Å². The molecule has 7 heteroatoms. The Bertz CT molecular complexity index is 552. The van der Waals surface area contributed by atoms with Crippen LogP contribution >= 0.6 is 0 Å². The van der Waals surface area contributed by atoms with Gasteiger partial charge in [-0.3, -0.25) is 5.43 Å². The lowest BCUT2D eigenvalue weighted by atomic mass is 10.1. The molecular formula is C13H17N5O2. The number of methoxy groups -OCH3 is 1. The third-order valence-corrected chi connectivity index (χ3v) is 3.49. The number of carbonyl (C=O) groups is 1. The van der Waals surface area contributed by atoms with E-state index in [1.807, 2.05) is 12.1 Å². The quantitative estimate of drug-likeness (QED) is 0.691. The van der Waals surface area contributed by atoms with Gasteiger partial charge in [0, 0.05) is 24.3 Å². The van der Waals surface area contributed by atoms with Gasteiger partial charge in [-0.05, 0) is 31.0 Å². The number of amidine groups is 1. The van der Waals surface area contributed by atoms with Gasteiger partial charge in [0.15, 0.2) is 5.84 Å². The summed E-state index contributed by atoms with van der Waals surface area (Å²) in [5.74, 6) is 0.308. The molecule has 1 fully saturated rings. The number of ether oxygens (including phenoxy) is 1. The predicted molar refractivity (Wildman–Crippen MR) is 75.2 cm³/mol. The van der Waals surface area contributed by atoms with Crippen molar-refractivity contribution in [3.8, 4) is 0 Å². The van der Waals surface area contributed by atoms with Crippen molar-refractivity contribution in [3.63, 3.8) is 0 Å². The second-order valence-electron chi connectivity index (χ2n) is 4.78. The highest BCUT2D eigenvalue weighted by Crippen LogP contribution is 2.24. The van der Waals surface area contributed by atoms with Gasteiger partial charge in [0.1, 0.15) is 0 Å². The topological polar surface area (TPSA) is 78.0 Å². The lowest BCUT2D eigenvalue weighted by Crippen LogP contribution is -2.35. The molecule has 1 aromatic carbocycles. The number of benzene rings is 1. The van der Waals surface area contributed by atoms with E-state index in [0.717, 1.165) is 24.3 Å². The van der Waals surface area contributed by atoms with Crippen LogP contribution in [0.25, 0.3) is 0 Å². The summed E-state index contributed by atoms with van der Waals surface area (Å²) in [4.78, 5) is 14.1. The van der Waals surface area contributed by atoms with E-state index in [1.165, 1.54) is 20.0 Å². The zero-order chi connectivity index (χ0) is 13.9. The Morgan fingerprint density at radius 2 is 2.10 bits per heavy atom. The fraction of sp³-hybridized carbons (Fsp3) is 0.385. The molecule has 3 N–H and O–H groups in total. The number of hydrogen-bond donors (Lipinski definition) is 3. The van der Waals surface area contributed by atoms with Crippen LogP contribution in [0.1, 0.15) is 28.8 Å². The van der Waals surface area contributed by atoms with Crippen LogP contribution in [0.4, 0.5) is 5.69 Å². The average molecular weight is 275 g/mol. The van der Waals surface area contributed by atoms with Crippen LogP contribution in [0.15, 0.2) is 23.3 Å². The molecule has 0 unspecified atom stereocenters. The maximum absolute atomic E-state index is 11.8. The standard InChI is InChI=1S/C13H17N5O2/c1-20-13(19)10-6-9(12-14-16-17-15-12)7-11(8-10)18-4-2-3-5-18/h6-8,16-17H,2-5H2,1H3,(H,14,15). The number of rotatable bonds is 3. The number of hydrazine groups is 2. The van der Waals surface area contributed by atoms with E-state index in [4.69, 9.17) is 4.74 Å². The van der Waals surface area contributed by atoms with Crippen molar-refractivity contribution in [2.45, 2.75) is 12.8 Å². The Morgan fingerprint density at radius 3 is 2.75 bits per heavy atom. The molecular weight excluding hydrogens is 258 g/mol. The van der Waals surface area contributed by atoms with E-state index in [-0.39, 0.29) is 5.97 Å². The minimum absolute atomic E-state index is 0.341.